The topological polar surface area (TPSA) is 47.1 Å². The molecule has 0 saturated carbocycles. The highest BCUT2D eigenvalue weighted by Gasteiger charge is 2.30. The van der Waals surface area contributed by atoms with Crippen LogP contribution in [0.5, 0.6) is 0 Å². The Hall–Kier alpha value is -1.39. The van der Waals surface area contributed by atoms with E-state index in [9.17, 15) is 0 Å². The molecule has 1 atom stereocenters. The van der Waals surface area contributed by atoms with Gasteiger partial charge in [0, 0.05) is 13.1 Å². The van der Waals surface area contributed by atoms with E-state index in [1.165, 1.54) is 37.3 Å². The maximum atomic E-state index is 5.85. The number of hydrogen-bond donors (Lipinski definition) is 1. The molecule has 1 unspecified atom stereocenters. The zero-order valence-corrected chi connectivity index (χ0v) is 13.1. The molecule has 1 aliphatic heterocycles. The number of nitrogens with two attached hydrogens (primary N) is 1. The minimum atomic E-state index is 0.395. The summed E-state index contributed by atoms with van der Waals surface area (Å²) in [5.74, 6) is 1.75. The first kappa shape index (κ1) is 14.5. The van der Waals surface area contributed by atoms with Gasteiger partial charge in [-0.25, -0.2) is 4.98 Å². The molecule has 21 heavy (non-hydrogen) atoms. The van der Waals surface area contributed by atoms with Crippen molar-refractivity contribution in [2.45, 2.75) is 39.3 Å². The number of aromatic nitrogens is 2. The molecule has 2 heterocycles. The van der Waals surface area contributed by atoms with Crippen LogP contribution in [0.25, 0.3) is 11.0 Å². The zero-order valence-electron chi connectivity index (χ0n) is 13.1. The van der Waals surface area contributed by atoms with Gasteiger partial charge in [-0.15, -0.1) is 0 Å². The zero-order chi connectivity index (χ0) is 14.8. The van der Waals surface area contributed by atoms with Crippen LogP contribution < -0.4 is 5.73 Å². The Bertz CT molecular complexity index is 596. The van der Waals surface area contributed by atoms with Gasteiger partial charge < -0.3 is 10.3 Å². The minimum absolute atomic E-state index is 0.395. The van der Waals surface area contributed by atoms with Crippen molar-refractivity contribution in [3.8, 4) is 0 Å². The molecule has 0 bridgehead atoms. The van der Waals surface area contributed by atoms with Gasteiger partial charge in [0.05, 0.1) is 17.1 Å². The summed E-state index contributed by atoms with van der Waals surface area (Å²) in [5.41, 5.74) is 8.15. The van der Waals surface area contributed by atoms with Gasteiger partial charge >= 0.3 is 0 Å². The Morgan fingerprint density at radius 1 is 1.19 bits per heavy atom. The summed E-state index contributed by atoms with van der Waals surface area (Å²) in [6.45, 7) is 8.47. The molecule has 4 nitrogen and oxygen atoms in total. The third-order valence-corrected chi connectivity index (χ3v) is 4.47. The van der Waals surface area contributed by atoms with Gasteiger partial charge in [0.25, 0.3) is 0 Å². The van der Waals surface area contributed by atoms with E-state index in [1.54, 1.807) is 0 Å². The molecule has 0 aliphatic carbocycles. The van der Waals surface area contributed by atoms with Crippen molar-refractivity contribution in [3.05, 3.63) is 30.1 Å². The molecular formula is C17H26N4. The first-order chi connectivity index (χ1) is 10.2. The molecule has 0 radical (unpaired) electrons. The molecule has 2 N–H and O–H groups in total. The third-order valence-electron chi connectivity index (χ3n) is 4.47. The smallest absolute Gasteiger partial charge is 0.127 e. The minimum Gasteiger partial charge on any atom is -0.329 e. The second-order valence-electron chi connectivity index (χ2n) is 6.33. The van der Waals surface area contributed by atoms with E-state index in [-0.39, 0.29) is 0 Å². The standard InChI is InChI=1S/C17H26N4/c1-13(2)16(20-10-5-6-11-20)17-19-14-7-3-4-8-15(14)21(17)12-9-18/h3-4,7-8,13,16H,5-6,9-12,18H2,1-2H3. The van der Waals surface area contributed by atoms with Crippen LogP contribution in [-0.4, -0.2) is 34.1 Å². The van der Waals surface area contributed by atoms with Crippen LogP contribution >= 0.6 is 0 Å². The molecule has 1 aromatic heterocycles. The van der Waals surface area contributed by atoms with Gasteiger partial charge in [-0.2, -0.15) is 0 Å². The lowest BCUT2D eigenvalue weighted by molar-refractivity contribution is 0.180. The summed E-state index contributed by atoms with van der Waals surface area (Å²) in [7, 11) is 0. The maximum Gasteiger partial charge on any atom is 0.127 e. The molecule has 1 fully saturated rings. The number of rotatable bonds is 5. The summed E-state index contributed by atoms with van der Waals surface area (Å²) in [6, 6.07) is 8.80. The maximum absolute atomic E-state index is 5.85. The first-order valence-corrected chi connectivity index (χ1v) is 8.11. The first-order valence-electron chi connectivity index (χ1n) is 8.11. The van der Waals surface area contributed by atoms with Gasteiger partial charge in [-0.1, -0.05) is 26.0 Å². The number of hydrogen-bond acceptors (Lipinski definition) is 3. The number of fused-ring (bicyclic) bond motifs is 1. The van der Waals surface area contributed by atoms with Gasteiger partial charge in [0.2, 0.25) is 0 Å². The van der Waals surface area contributed by atoms with Gasteiger partial charge in [0.1, 0.15) is 5.82 Å². The summed E-state index contributed by atoms with van der Waals surface area (Å²) >= 11 is 0. The molecule has 2 aromatic rings. The van der Waals surface area contributed by atoms with E-state index in [0.717, 1.165) is 12.1 Å². The summed E-state index contributed by atoms with van der Waals surface area (Å²) in [6.07, 6.45) is 2.61. The highest BCUT2D eigenvalue weighted by Crippen LogP contribution is 2.32. The van der Waals surface area contributed by atoms with E-state index in [0.29, 0.717) is 18.5 Å². The Balaban J connectivity index is 2.09. The van der Waals surface area contributed by atoms with Crippen LogP contribution in [0.1, 0.15) is 38.6 Å². The van der Waals surface area contributed by atoms with E-state index in [1.807, 2.05) is 0 Å². The van der Waals surface area contributed by atoms with Crippen molar-refractivity contribution in [2.75, 3.05) is 19.6 Å². The quantitative estimate of drug-likeness (QED) is 0.919. The van der Waals surface area contributed by atoms with Crippen LogP contribution in [0.3, 0.4) is 0 Å². The molecule has 3 rings (SSSR count). The largest absolute Gasteiger partial charge is 0.329 e. The normalized spacial score (nSPS) is 17.9. The van der Waals surface area contributed by atoms with E-state index in [2.05, 4.69) is 47.6 Å². The average Bonchev–Trinajstić information content (AvgIpc) is 3.09. The van der Waals surface area contributed by atoms with E-state index < -0.39 is 0 Å². The molecule has 114 valence electrons. The number of likely N-dealkylation sites (tertiary alicyclic amines) is 1. The lowest BCUT2D eigenvalue weighted by Gasteiger charge is -2.30. The number of imidazole rings is 1. The number of benzene rings is 1. The monoisotopic (exact) mass is 286 g/mol. The fourth-order valence-corrected chi connectivity index (χ4v) is 3.59. The van der Waals surface area contributed by atoms with Crippen molar-refractivity contribution in [2.24, 2.45) is 11.7 Å². The lowest BCUT2D eigenvalue weighted by atomic mass is 10.0. The third kappa shape index (κ3) is 2.70. The van der Waals surface area contributed by atoms with Crippen LogP contribution in [0.2, 0.25) is 0 Å². The van der Waals surface area contributed by atoms with Crippen LogP contribution in [0.15, 0.2) is 24.3 Å². The summed E-state index contributed by atoms with van der Waals surface area (Å²) in [4.78, 5) is 7.56. The highest BCUT2D eigenvalue weighted by atomic mass is 15.2. The van der Waals surface area contributed by atoms with Crippen molar-refractivity contribution in [3.63, 3.8) is 0 Å². The fourth-order valence-electron chi connectivity index (χ4n) is 3.59. The van der Waals surface area contributed by atoms with Crippen molar-refractivity contribution >= 4 is 11.0 Å². The Kier molecular flexibility index (Phi) is 4.27. The lowest BCUT2D eigenvalue weighted by Crippen LogP contribution is -2.32. The highest BCUT2D eigenvalue weighted by molar-refractivity contribution is 5.76. The molecule has 1 saturated heterocycles. The predicted octanol–water partition coefficient (Wildman–Crippen LogP) is 2.79. The van der Waals surface area contributed by atoms with Gasteiger partial charge in [0.15, 0.2) is 0 Å². The Morgan fingerprint density at radius 3 is 2.57 bits per heavy atom. The second-order valence-corrected chi connectivity index (χ2v) is 6.33. The number of para-hydroxylation sites is 2. The molecule has 0 amide bonds. The number of nitrogens with zero attached hydrogens (tertiary/aromatic N) is 3. The van der Waals surface area contributed by atoms with Crippen LogP contribution in [-0.2, 0) is 6.54 Å². The Morgan fingerprint density at radius 2 is 1.90 bits per heavy atom. The summed E-state index contributed by atoms with van der Waals surface area (Å²) < 4.78 is 2.33. The van der Waals surface area contributed by atoms with Crippen LogP contribution in [0, 0.1) is 5.92 Å². The second kappa shape index (κ2) is 6.16. The van der Waals surface area contributed by atoms with Crippen molar-refractivity contribution < 1.29 is 0 Å². The van der Waals surface area contributed by atoms with Crippen molar-refractivity contribution in [1.29, 1.82) is 0 Å². The molecule has 1 aliphatic rings. The van der Waals surface area contributed by atoms with Gasteiger partial charge in [-0.3, -0.25) is 4.90 Å². The Labute approximate surface area is 126 Å². The molecule has 4 heteroatoms. The molecular weight excluding hydrogens is 260 g/mol. The molecule has 0 spiro atoms. The SMILES string of the molecule is CC(C)C(c1nc2ccccc2n1CCN)N1CCCC1. The molecule has 1 aromatic carbocycles. The predicted molar refractivity (Wildman–Crippen MR) is 87.2 cm³/mol. The van der Waals surface area contributed by atoms with Crippen LogP contribution in [0.4, 0.5) is 0 Å². The average molecular weight is 286 g/mol. The van der Waals surface area contributed by atoms with Gasteiger partial charge in [-0.05, 0) is 44.0 Å². The fraction of sp³-hybridized carbons (Fsp3) is 0.588. The van der Waals surface area contributed by atoms with Crippen molar-refractivity contribution in [1.82, 2.24) is 14.5 Å². The van der Waals surface area contributed by atoms with E-state index in [4.69, 9.17) is 10.7 Å². The van der Waals surface area contributed by atoms with E-state index >= 15 is 0 Å². The summed E-state index contributed by atoms with van der Waals surface area (Å²) in [5, 5.41) is 0.